The number of hydrogen-bond acceptors (Lipinski definition) is 2. The van der Waals surface area contributed by atoms with Crippen LogP contribution in [0.4, 0.5) is 0 Å². The Morgan fingerprint density at radius 3 is 1.74 bits per heavy atom. The van der Waals surface area contributed by atoms with Crippen LogP contribution in [0.5, 0.6) is 0 Å². The van der Waals surface area contributed by atoms with Crippen molar-refractivity contribution in [1.29, 1.82) is 0 Å². The van der Waals surface area contributed by atoms with Gasteiger partial charge in [-0.05, 0) is 45.8 Å². The van der Waals surface area contributed by atoms with Gasteiger partial charge >= 0.3 is 0 Å². The Bertz CT molecular complexity index is 811. The molecule has 0 saturated heterocycles. The molecule has 3 heteroatoms. The molecule has 1 aliphatic rings. The molecule has 0 aliphatic carbocycles. The van der Waals surface area contributed by atoms with Gasteiger partial charge < -0.3 is 0 Å². The minimum Gasteiger partial charge on any atom is -0.267 e. The number of benzene rings is 3. The lowest BCUT2D eigenvalue weighted by atomic mass is 9.95. The summed E-state index contributed by atoms with van der Waals surface area (Å²) in [7, 11) is 0. The van der Waals surface area contributed by atoms with Gasteiger partial charge in [-0.2, -0.15) is 5.32 Å². The van der Waals surface area contributed by atoms with Crippen LogP contribution in [-0.4, -0.2) is 11.8 Å². The van der Waals surface area contributed by atoms with Gasteiger partial charge in [0.05, 0.1) is 0 Å². The summed E-state index contributed by atoms with van der Waals surface area (Å²) in [6.45, 7) is 0. The highest BCUT2D eigenvalue weighted by molar-refractivity contribution is 6.22. The third kappa shape index (κ3) is 1.32. The van der Waals surface area contributed by atoms with E-state index in [1.165, 1.54) is 0 Å². The maximum Gasteiger partial charge on any atom is 0.281 e. The predicted molar refractivity (Wildman–Crippen MR) is 72.2 cm³/mol. The number of nitrogens with zero attached hydrogens (tertiary/aromatic N) is 1. The SMILES string of the molecule is O=C1[N]C(=O)c2cccc3cc4cccc1c4cc23. The molecule has 3 nitrogen and oxygen atoms in total. The van der Waals surface area contributed by atoms with Gasteiger partial charge in [-0.3, -0.25) is 9.59 Å². The lowest BCUT2D eigenvalue weighted by molar-refractivity contribution is 0.0844. The average molecular weight is 246 g/mol. The van der Waals surface area contributed by atoms with E-state index in [-0.39, 0.29) is 0 Å². The summed E-state index contributed by atoms with van der Waals surface area (Å²) < 4.78 is 0. The zero-order chi connectivity index (χ0) is 13.0. The fourth-order valence-electron chi connectivity index (χ4n) is 2.64. The predicted octanol–water partition coefficient (Wildman–Crippen LogP) is 2.89. The van der Waals surface area contributed by atoms with Crippen molar-refractivity contribution in [1.82, 2.24) is 5.32 Å². The molecule has 0 aromatic heterocycles. The lowest BCUT2D eigenvalue weighted by Crippen LogP contribution is -2.24. The van der Waals surface area contributed by atoms with Gasteiger partial charge in [0.1, 0.15) is 0 Å². The molecule has 3 aromatic rings. The Balaban J connectivity index is 2.31. The summed E-state index contributed by atoms with van der Waals surface area (Å²) in [5, 5.41) is 7.35. The zero-order valence-electron chi connectivity index (χ0n) is 9.88. The van der Waals surface area contributed by atoms with E-state index < -0.39 is 11.8 Å². The Kier molecular flexibility index (Phi) is 1.85. The van der Waals surface area contributed by atoms with Crippen molar-refractivity contribution < 1.29 is 9.59 Å². The van der Waals surface area contributed by atoms with Crippen molar-refractivity contribution in [2.75, 3.05) is 0 Å². The molecule has 19 heavy (non-hydrogen) atoms. The monoisotopic (exact) mass is 246 g/mol. The first-order valence-corrected chi connectivity index (χ1v) is 6.00. The van der Waals surface area contributed by atoms with Crippen LogP contribution in [-0.2, 0) is 0 Å². The lowest BCUT2D eigenvalue weighted by Gasteiger charge is -2.13. The van der Waals surface area contributed by atoms with Crippen molar-refractivity contribution in [3.05, 3.63) is 59.7 Å². The highest BCUT2D eigenvalue weighted by Gasteiger charge is 2.21. The third-order valence-corrected chi connectivity index (χ3v) is 3.54. The van der Waals surface area contributed by atoms with E-state index in [9.17, 15) is 9.59 Å². The van der Waals surface area contributed by atoms with Crippen LogP contribution in [0.25, 0.3) is 21.5 Å². The summed E-state index contributed by atoms with van der Waals surface area (Å²) in [4.78, 5) is 24.1. The normalized spacial score (nSPS) is 13.9. The molecule has 0 unspecified atom stereocenters. The molecule has 1 heterocycles. The fraction of sp³-hybridized carbons (Fsp3) is 0. The van der Waals surface area contributed by atoms with Gasteiger partial charge in [0.25, 0.3) is 11.8 Å². The van der Waals surface area contributed by atoms with E-state index >= 15 is 0 Å². The van der Waals surface area contributed by atoms with Crippen LogP contribution in [0.15, 0.2) is 48.5 Å². The molecule has 0 atom stereocenters. The first-order chi connectivity index (χ1) is 9.24. The third-order valence-electron chi connectivity index (χ3n) is 3.54. The molecule has 1 aliphatic heterocycles. The highest BCUT2D eigenvalue weighted by Crippen LogP contribution is 2.29. The number of carbonyl (C=O) groups is 2. The molecule has 0 spiro atoms. The quantitative estimate of drug-likeness (QED) is 0.452. The standard InChI is InChI=1S/C16H8NO2/c18-15-11-5-1-3-9-7-10-4-2-6-12(16(19)17-15)14(10)8-13(9)11/h1-8H. The molecule has 0 saturated carbocycles. The van der Waals surface area contributed by atoms with Crippen LogP contribution in [0.1, 0.15) is 20.7 Å². The molecule has 4 rings (SSSR count). The second-order valence-corrected chi connectivity index (χ2v) is 4.63. The number of hydrogen-bond donors (Lipinski definition) is 0. The molecular formula is C16H8NO2. The van der Waals surface area contributed by atoms with Crippen LogP contribution < -0.4 is 5.32 Å². The molecule has 2 amide bonds. The second kappa shape index (κ2) is 3.42. The molecule has 2 bridgehead atoms. The minimum atomic E-state index is -0.468. The Morgan fingerprint density at radius 2 is 1.21 bits per heavy atom. The number of rotatable bonds is 0. The number of carbonyl (C=O) groups excluding carboxylic acids is 2. The van der Waals surface area contributed by atoms with Crippen molar-refractivity contribution in [2.45, 2.75) is 0 Å². The van der Waals surface area contributed by atoms with E-state index in [0.717, 1.165) is 21.5 Å². The summed E-state index contributed by atoms with van der Waals surface area (Å²) >= 11 is 0. The van der Waals surface area contributed by atoms with Gasteiger partial charge in [0.2, 0.25) is 0 Å². The van der Waals surface area contributed by atoms with E-state index in [4.69, 9.17) is 0 Å². The van der Waals surface area contributed by atoms with Crippen LogP contribution in [0.3, 0.4) is 0 Å². The topological polar surface area (TPSA) is 48.2 Å². The Labute approximate surface area is 108 Å². The smallest absolute Gasteiger partial charge is 0.267 e. The molecule has 3 aromatic carbocycles. The van der Waals surface area contributed by atoms with Crippen molar-refractivity contribution in [3.8, 4) is 0 Å². The van der Waals surface area contributed by atoms with Crippen LogP contribution in [0, 0.1) is 0 Å². The van der Waals surface area contributed by atoms with Gasteiger partial charge in [-0.15, -0.1) is 0 Å². The maximum atomic E-state index is 12.0. The zero-order valence-corrected chi connectivity index (χ0v) is 9.88. The number of imide groups is 1. The fourth-order valence-corrected chi connectivity index (χ4v) is 2.64. The first kappa shape index (κ1) is 10.3. The second-order valence-electron chi connectivity index (χ2n) is 4.63. The summed E-state index contributed by atoms with van der Waals surface area (Å²) in [6.07, 6.45) is 0. The van der Waals surface area contributed by atoms with Crippen LogP contribution >= 0.6 is 0 Å². The Hall–Kier alpha value is -2.68. The van der Waals surface area contributed by atoms with Crippen molar-refractivity contribution in [2.24, 2.45) is 0 Å². The van der Waals surface area contributed by atoms with Gasteiger partial charge in [0, 0.05) is 11.1 Å². The molecule has 1 radical (unpaired) electrons. The Morgan fingerprint density at radius 1 is 0.684 bits per heavy atom. The number of amides is 2. The van der Waals surface area contributed by atoms with E-state index in [1.807, 2.05) is 36.4 Å². The molecule has 0 fully saturated rings. The molecule has 89 valence electrons. The van der Waals surface area contributed by atoms with E-state index in [0.29, 0.717) is 11.1 Å². The summed E-state index contributed by atoms with van der Waals surface area (Å²) in [6, 6.07) is 14.9. The summed E-state index contributed by atoms with van der Waals surface area (Å²) in [5.41, 5.74) is 0.976. The van der Waals surface area contributed by atoms with E-state index in [2.05, 4.69) is 5.32 Å². The molecular weight excluding hydrogens is 238 g/mol. The van der Waals surface area contributed by atoms with Gasteiger partial charge in [-0.1, -0.05) is 24.3 Å². The van der Waals surface area contributed by atoms with Crippen molar-refractivity contribution in [3.63, 3.8) is 0 Å². The van der Waals surface area contributed by atoms with Crippen LogP contribution in [0.2, 0.25) is 0 Å². The minimum absolute atomic E-state index is 0.468. The largest absolute Gasteiger partial charge is 0.281 e. The van der Waals surface area contributed by atoms with Gasteiger partial charge in [-0.25, -0.2) is 0 Å². The molecule has 0 N–H and O–H groups in total. The highest BCUT2D eigenvalue weighted by atomic mass is 16.2. The average Bonchev–Trinajstić information content (AvgIpc) is 2.42. The maximum absolute atomic E-state index is 12.0. The van der Waals surface area contributed by atoms with Crippen molar-refractivity contribution >= 4 is 33.4 Å². The van der Waals surface area contributed by atoms with Gasteiger partial charge in [0.15, 0.2) is 0 Å². The van der Waals surface area contributed by atoms with E-state index in [1.54, 1.807) is 12.1 Å². The first-order valence-electron chi connectivity index (χ1n) is 6.00. The summed E-state index contributed by atoms with van der Waals surface area (Å²) in [5.74, 6) is -0.936.